The predicted octanol–water partition coefficient (Wildman–Crippen LogP) is 2.91. The zero-order valence-electron chi connectivity index (χ0n) is 13.8. The fraction of sp³-hybridized carbons (Fsp3) is 0.235. The molecule has 0 atom stereocenters. The summed E-state index contributed by atoms with van der Waals surface area (Å²) in [6.45, 7) is 0. The first-order valence-corrected chi connectivity index (χ1v) is 9.50. The van der Waals surface area contributed by atoms with Crippen molar-refractivity contribution in [2.24, 2.45) is 0 Å². The Kier molecular flexibility index (Phi) is 6.27. The molecule has 0 aromatic heterocycles. The molecule has 2 aromatic carbocycles. The lowest BCUT2D eigenvalue weighted by Gasteiger charge is -2.13. The summed E-state index contributed by atoms with van der Waals surface area (Å²) in [6.07, 6.45) is 0. The molecule has 134 valence electrons. The van der Waals surface area contributed by atoms with E-state index in [9.17, 15) is 13.2 Å². The van der Waals surface area contributed by atoms with Crippen LogP contribution in [0.25, 0.3) is 0 Å². The summed E-state index contributed by atoms with van der Waals surface area (Å²) >= 11 is 6.00. The third-order valence-electron chi connectivity index (χ3n) is 3.33. The Hall–Kier alpha value is -2.25. The first-order chi connectivity index (χ1) is 11.8. The van der Waals surface area contributed by atoms with Crippen LogP contribution in [-0.4, -0.2) is 34.3 Å². The van der Waals surface area contributed by atoms with Crippen molar-refractivity contribution in [3.63, 3.8) is 0 Å². The number of hydrogen-bond donors (Lipinski definition) is 1. The highest BCUT2D eigenvalue weighted by Gasteiger charge is 2.19. The number of amides is 1. The Morgan fingerprint density at radius 2 is 1.72 bits per heavy atom. The summed E-state index contributed by atoms with van der Waals surface area (Å²) in [7, 11) is -0.757. The van der Waals surface area contributed by atoms with Gasteiger partial charge in [-0.05, 0) is 5.56 Å². The molecule has 0 unspecified atom stereocenters. The summed E-state index contributed by atoms with van der Waals surface area (Å²) in [5.41, 5.74) is 0.907. The molecule has 6 nitrogen and oxygen atoms in total. The van der Waals surface area contributed by atoms with E-state index in [1.165, 1.54) is 26.4 Å². The number of benzene rings is 2. The highest BCUT2D eigenvalue weighted by Crippen LogP contribution is 2.35. The van der Waals surface area contributed by atoms with Gasteiger partial charge in [-0.3, -0.25) is 4.79 Å². The van der Waals surface area contributed by atoms with E-state index < -0.39 is 21.5 Å². The summed E-state index contributed by atoms with van der Waals surface area (Å²) in [4.78, 5) is 12.2. The monoisotopic (exact) mass is 383 g/mol. The van der Waals surface area contributed by atoms with Crippen LogP contribution in [0, 0.1) is 0 Å². The average molecular weight is 384 g/mol. The molecule has 8 heteroatoms. The Balaban J connectivity index is 2.12. The molecular weight excluding hydrogens is 366 g/mol. The summed E-state index contributed by atoms with van der Waals surface area (Å²) in [5.74, 6) is -0.874. The van der Waals surface area contributed by atoms with Gasteiger partial charge in [-0.1, -0.05) is 41.9 Å². The lowest BCUT2D eigenvalue weighted by Crippen LogP contribution is -2.24. The van der Waals surface area contributed by atoms with E-state index in [1.807, 2.05) is 0 Å². The normalized spacial score (nSPS) is 11.0. The van der Waals surface area contributed by atoms with E-state index in [0.29, 0.717) is 22.1 Å². The molecular formula is C17H18ClNO5S. The molecule has 0 saturated heterocycles. The third-order valence-corrected chi connectivity index (χ3v) is 5.10. The maximum atomic E-state index is 12.2. The van der Waals surface area contributed by atoms with E-state index in [4.69, 9.17) is 21.1 Å². The lowest BCUT2D eigenvalue weighted by atomic mass is 10.2. The van der Waals surface area contributed by atoms with Gasteiger partial charge in [0.15, 0.2) is 9.84 Å². The first-order valence-electron chi connectivity index (χ1n) is 7.30. The number of halogens is 1. The van der Waals surface area contributed by atoms with Gasteiger partial charge in [0.1, 0.15) is 17.3 Å². The predicted molar refractivity (Wildman–Crippen MR) is 97.1 cm³/mol. The second-order valence-corrected chi connectivity index (χ2v) is 7.72. The van der Waals surface area contributed by atoms with Crippen molar-refractivity contribution in [1.29, 1.82) is 0 Å². The van der Waals surface area contributed by atoms with E-state index in [1.54, 1.807) is 30.3 Å². The van der Waals surface area contributed by atoms with Crippen molar-refractivity contribution in [3.8, 4) is 11.5 Å². The van der Waals surface area contributed by atoms with Crippen LogP contribution in [0.5, 0.6) is 11.5 Å². The van der Waals surface area contributed by atoms with Crippen molar-refractivity contribution in [2.75, 3.05) is 25.3 Å². The van der Waals surface area contributed by atoms with Crippen molar-refractivity contribution < 1.29 is 22.7 Å². The Bertz CT molecular complexity index is 853. The molecule has 0 aliphatic heterocycles. The molecule has 0 fully saturated rings. The molecule has 2 aromatic rings. The fourth-order valence-corrected chi connectivity index (χ4v) is 3.73. The number of rotatable bonds is 7. The van der Waals surface area contributed by atoms with Gasteiger partial charge in [-0.15, -0.1) is 0 Å². The number of anilines is 1. The van der Waals surface area contributed by atoms with Crippen molar-refractivity contribution in [3.05, 3.63) is 53.1 Å². The number of methoxy groups -OCH3 is 2. The summed E-state index contributed by atoms with van der Waals surface area (Å²) in [6, 6.07) is 11.6. The van der Waals surface area contributed by atoms with Crippen LogP contribution in [0.15, 0.2) is 42.5 Å². The maximum absolute atomic E-state index is 12.2. The smallest absolute Gasteiger partial charge is 0.239 e. The van der Waals surface area contributed by atoms with Crippen molar-refractivity contribution in [2.45, 2.75) is 5.75 Å². The first kappa shape index (κ1) is 19.1. The molecule has 0 aliphatic carbocycles. The number of nitrogens with one attached hydrogen (secondary N) is 1. The Morgan fingerprint density at radius 3 is 2.32 bits per heavy atom. The zero-order valence-corrected chi connectivity index (χ0v) is 15.4. The molecule has 0 spiro atoms. The van der Waals surface area contributed by atoms with Crippen LogP contribution >= 0.6 is 11.6 Å². The van der Waals surface area contributed by atoms with Crippen LogP contribution in [-0.2, 0) is 20.4 Å². The average Bonchev–Trinajstić information content (AvgIpc) is 2.55. The van der Waals surface area contributed by atoms with E-state index in [-0.39, 0.29) is 11.4 Å². The van der Waals surface area contributed by atoms with Crippen LogP contribution < -0.4 is 14.8 Å². The van der Waals surface area contributed by atoms with Gasteiger partial charge in [0, 0.05) is 12.1 Å². The lowest BCUT2D eigenvalue weighted by molar-refractivity contribution is -0.113. The summed E-state index contributed by atoms with van der Waals surface area (Å²) in [5, 5.41) is 2.84. The maximum Gasteiger partial charge on any atom is 0.239 e. The fourth-order valence-electron chi connectivity index (χ4n) is 2.22. The van der Waals surface area contributed by atoms with Crippen molar-refractivity contribution in [1.82, 2.24) is 0 Å². The van der Waals surface area contributed by atoms with E-state index >= 15 is 0 Å². The minimum Gasteiger partial charge on any atom is -0.495 e. The van der Waals surface area contributed by atoms with Gasteiger partial charge in [0.05, 0.1) is 30.7 Å². The highest BCUT2D eigenvalue weighted by molar-refractivity contribution is 7.91. The van der Waals surface area contributed by atoms with Gasteiger partial charge in [-0.25, -0.2) is 8.42 Å². The van der Waals surface area contributed by atoms with Crippen LogP contribution in [0.2, 0.25) is 5.02 Å². The van der Waals surface area contributed by atoms with Crippen molar-refractivity contribution >= 4 is 33.0 Å². The van der Waals surface area contributed by atoms with Crippen LogP contribution in [0.3, 0.4) is 0 Å². The van der Waals surface area contributed by atoms with Crippen LogP contribution in [0.4, 0.5) is 5.69 Å². The molecule has 1 N–H and O–H groups in total. The molecule has 0 aliphatic rings. The van der Waals surface area contributed by atoms with E-state index in [2.05, 4.69) is 5.32 Å². The largest absolute Gasteiger partial charge is 0.495 e. The third kappa shape index (κ3) is 5.37. The minimum absolute atomic E-state index is 0.206. The number of carbonyl (C=O) groups excluding carboxylic acids is 1. The molecule has 2 rings (SSSR count). The number of carbonyl (C=O) groups is 1. The standard InChI is InChI=1S/C17H18ClNO5S/c1-23-15-9-14(16(24-2)8-13(15)18)19-17(20)11-25(21,22)10-12-6-4-3-5-7-12/h3-9H,10-11H2,1-2H3,(H,19,20). The Morgan fingerprint density at radius 1 is 1.08 bits per heavy atom. The second-order valence-electron chi connectivity index (χ2n) is 5.25. The topological polar surface area (TPSA) is 81.7 Å². The molecule has 0 radical (unpaired) electrons. The quantitative estimate of drug-likeness (QED) is 0.795. The van der Waals surface area contributed by atoms with Gasteiger partial charge >= 0.3 is 0 Å². The number of ether oxygens (including phenoxy) is 2. The molecule has 25 heavy (non-hydrogen) atoms. The van der Waals surface area contributed by atoms with Gasteiger partial charge in [0.25, 0.3) is 0 Å². The molecule has 0 saturated carbocycles. The SMILES string of the molecule is COc1cc(NC(=O)CS(=O)(=O)Cc2ccccc2)c(OC)cc1Cl. The highest BCUT2D eigenvalue weighted by atomic mass is 35.5. The number of hydrogen-bond acceptors (Lipinski definition) is 5. The zero-order chi connectivity index (χ0) is 18.4. The minimum atomic E-state index is -3.61. The van der Waals surface area contributed by atoms with E-state index in [0.717, 1.165) is 0 Å². The Labute approximate surface area is 151 Å². The molecule has 0 bridgehead atoms. The second kappa shape index (κ2) is 8.22. The van der Waals surface area contributed by atoms with Gasteiger partial charge < -0.3 is 14.8 Å². The van der Waals surface area contributed by atoms with Gasteiger partial charge in [0.2, 0.25) is 5.91 Å². The van der Waals surface area contributed by atoms with Gasteiger partial charge in [-0.2, -0.15) is 0 Å². The summed E-state index contributed by atoms with van der Waals surface area (Å²) < 4.78 is 34.6. The molecule has 0 heterocycles. The number of sulfone groups is 1. The van der Waals surface area contributed by atoms with Crippen LogP contribution in [0.1, 0.15) is 5.56 Å². The molecule has 1 amide bonds.